The molecule has 2 rings (SSSR count). The molecule has 18 heavy (non-hydrogen) atoms. The molecule has 0 fully saturated rings. The van der Waals surface area contributed by atoms with Gasteiger partial charge in [0.2, 0.25) is 5.91 Å². The predicted octanol–water partition coefficient (Wildman–Crippen LogP) is 1.19. The van der Waals surface area contributed by atoms with Gasteiger partial charge in [0.05, 0.1) is 22.9 Å². The Morgan fingerprint density at radius 1 is 1.50 bits per heavy atom. The summed E-state index contributed by atoms with van der Waals surface area (Å²) >= 11 is 0. The molecule has 0 saturated carbocycles. The molecule has 1 amide bonds. The van der Waals surface area contributed by atoms with Gasteiger partial charge in [0.15, 0.2) is 0 Å². The van der Waals surface area contributed by atoms with E-state index in [0.29, 0.717) is 6.42 Å². The smallest absolute Gasteiger partial charge is 0.237 e. The van der Waals surface area contributed by atoms with Crippen molar-refractivity contribution in [3.8, 4) is 0 Å². The third-order valence-electron chi connectivity index (χ3n) is 3.24. The van der Waals surface area contributed by atoms with Crippen molar-refractivity contribution in [1.82, 2.24) is 9.55 Å². The van der Waals surface area contributed by atoms with E-state index in [0.717, 1.165) is 11.0 Å². The Morgan fingerprint density at radius 2 is 2.17 bits per heavy atom. The van der Waals surface area contributed by atoms with Crippen molar-refractivity contribution in [2.24, 2.45) is 11.5 Å². The zero-order chi connectivity index (χ0) is 13.3. The second kappa shape index (κ2) is 4.42. The molecule has 0 spiro atoms. The van der Waals surface area contributed by atoms with Crippen LogP contribution in [0.1, 0.15) is 26.3 Å². The van der Waals surface area contributed by atoms with Crippen molar-refractivity contribution in [2.75, 3.05) is 0 Å². The molecule has 0 aliphatic heterocycles. The van der Waals surface area contributed by atoms with Gasteiger partial charge in [0.1, 0.15) is 0 Å². The van der Waals surface area contributed by atoms with Crippen LogP contribution >= 0.6 is 0 Å². The van der Waals surface area contributed by atoms with Gasteiger partial charge in [-0.2, -0.15) is 0 Å². The van der Waals surface area contributed by atoms with Crippen LogP contribution in [0.2, 0.25) is 0 Å². The number of benzene rings is 1. The average molecular weight is 246 g/mol. The Morgan fingerprint density at radius 3 is 2.83 bits per heavy atom. The molecule has 96 valence electrons. The lowest BCUT2D eigenvalue weighted by Crippen LogP contribution is -2.50. The van der Waals surface area contributed by atoms with Crippen LogP contribution in [-0.2, 0) is 4.79 Å². The Balaban J connectivity index is 2.29. The Hall–Kier alpha value is -1.88. The summed E-state index contributed by atoms with van der Waals surface area (Å²) in [5, 5.41) is 0. The minimum atomic E-state index is -1.01. The monoisotopic (exact) mass is 246 g/mol. The maximum Gasteiger partial charge on any atom is 0.237 e. The van der Waals surface area contributed by atoms with Gasteiger partial charge < -0.3 is 16.0 Å². The van der Waals surface area contributed by atoms with Gasteiger partial charge in [-0.05, 0) is 32.4 Å². The number of nitrogens with zero attached hydrogens (tertiary/aromatic N) is 2. The number of fused-ring (bicyclic) bond motifs is 1. The van der Waals surface area contributed by atoms with Crippen LogP contribution in [0.25, 0.3) is 11.0 Å². The molecule has 4 N–H and O–H groups in total. The van der Waals surface area contributed by atoms with Crippen molar-refractivity contribution in [3.05, 3.63) is 30.6 Å². The normalized spacial score (nSPS) is 16.4. The number of amides is 1. The Bertz CT molecular complexity index is 573. The highest BCUT2D eigenvalue weighted by atomic mass is 16.1. The fourth-order valence-corrected chi connectivity index (χ4v) is 2.14. The van der Waals surface area contributed by atoms with Gasteiger partial charge in [-0.3, -0.25) is 4.79 Å². The SMILES string of the molecule is CC(CC(C)(N)C(N)=O)n1cnc2ccccc21. The quantitative estimate of drug-likeness (QED) is 0.849. The van der Waals surface area contributed by atoms with E-state index >= 15 is 0 Å². The van der Waals surface area contributed by atoms with Gasteiger partial charge in [0.25, 0.3) is 0 Å². The summed E-state index contributed by atoms with van der Waals surface area (Å²) in [4.78, 5) is 15.6. The van der Waals surface area contributed by atoms with Gasteiger partial charge >= 0.3 is 0 Å². The molecule has 2 aromatic rings. The highest BCUT2D eigenvalue weighted by Gasteiger charge is 2.28. The molecule has 5 heteroatoms. The van der Waals surface area contributed by atoms with Crippen LogP contribution in [-0.4, -0.2) is 21.0 Å². The van der Waals surface area contributed by atoms with E-state index in [1.165, 1.54) is 0 Å². The third kappa shape index (κ3) is 2.22. The van der Waals surface area contributed by atoms with Crippen LogP contribution in [0.15, 0.2) is 30.6 Å². The molecular weight excluding hydrogens is 228 g/mol. The number of aromatic nitrogens is 2. The number of hydrogen-bond acceptors (Lipinski definition) is 3. The van der Waals surface area contributed by atoms with E-state index in [2.05, 4.69) is 4.98 Å². The number of carbonyl (C=O) groups excluding carboxylic acids is 1. The first kappa shape index (κ1) is 12.6. The molecule has 1 heterocycles. The van der Waals surface area contributed by atoms with Crippen molar-refractivity contribution < 1.29 is 4.79 Å². The summed E-state index contributed by atoms with van der Waals surface area (Å²) < 4.78 is 2.02. The molecule has 2 unspecified atom stereocenters. The number of rotatable bonds is 4. The molecule has 0 aliphatic rings. The van der Waals surface area contributed by atoms with E-state index in [4.69, 9.17) is 11.5 Å². The summed E-state index contributed by atoms with van der Waals surface area (Å²) in [6.45, 7) is 3.66. The molecule has 0 radical (unpaired) electrons. The van der Waals surface area contributed by atoms with E-state index in [1.807, 2.05) is 35.8 Å². The van der Waals surface area contributed by atoms with Gasteiger partial charge in [-0.15, -0.1) is 0 Å². The molecule has 0 aliphatic carbocycles. The second-order valence-corrected chi connectivity index (χ2v) is 4.98. The van der Waals surface area contributed by atoms with Crippen LogP contribution in [0.4, 0.5) is 0 Å². The number of nitrogens with two attached hydrogens (primary N) is 2. The molecule has 2 atom stereocenters. The Kier molecular flexibility index (Phi) is 3.09. The summed E-state index contributed by atoms with van der Waals surface area (Å²) in [6.07, 6.45) is 2.25. The fourth-order valence-electron chi connectivity index (χ4n) is 2.14. The van der Waals surface area contributed by atoms with Gasteiger partial charge in [-0.1, -0.05) is 12.1 Å². The largest absolute Gasteiger partial charge is 0.368 e. The van der Waals surface area contributed by atoms with E-state index in [-0.39, 0.29) is 6.04 Å². The van der Waals surface area contributed by atoms with Gasteiger partial charge in [-0.25, -0.2) is 4.98 Å². The van der Waals surface area contributed by atoms with E-state index in [9.17, 15) is 4.79 Å². The predicted molar refractivity (Wildman–Crippen MR) is 70.8 cm³/mol. The highest BCUT2D eigenvalue weighted by Crippen LogP contribution is 2.23. The minimum Gasteiger partial charge on any atom is -0.368 e. The van der Waals surface area contributed by atoms with Crippen LogP contribution < -0.4 is 11.5 Å². The standard InChI is InChI=1S/C13H18N4O/c1-9(7-13(2,15)12(14)18)17-8-16-10-5-3-4-6-11(10)17/h3-6,8-9H,7,15H2,1-2H3,(H2,14,18). The van der Waals surface area contributed by atoms with E-state index in [1.54, 1.807) is 13.3 Å². The van der Waals surface area contributed by atoms with Crippen LogP contribution in [0.5, 0.6) is 0 Å². The van der Waals surface area contributed by atoms with Crippen LogP contribution in [0.3, 0.4) is 0 Å². The summed E-state index contributed by atoms with van der Waals surface area (Å²) in [7, 11) is 0. The van der Waals surface area contributed by atoms with Gasteiger partial charge in [0, 0.05) is 6.04 Å². The molecular formula is C13H18N4O. The van der Waals surface area contributed by atoms with Crippen molar-refractivity contribution in [1.29, 1.82) is 0 Å². The number of para-hydroxylation sites is 2. The minimum absolute atomic E-state index is 0.0555. The topological polar surface area (TPSA) is 86.9 Å². The zero-order valence-electron chi connectivity index (χ0n) is 10.6. The number of hydrogen-bond donors (Lipinski definition) is 2. The summed E-state index contributed by atoms with van der Waals surface area (Å²) in [6, 6.07) is 7.91. The maximum atomic E-state index is 11.3. The fraction of sp³-hybridized carbons (Fsp3) is 0.385. The molecule has 1 aromatic carbocycles. The van der Waals surface area contributed by atoms with Crippen LogP contribution in [0, 0.1) is 0 Å². The van der Waals surface area contributed by atoms with Crippen molar-refractivity contribution >= 4 is 16.9 Å². The first-order valence-electron chi connectivity index (χ1n) is 5.92. The molecule has 1 aromatic heterocycles. The number of carbonyl (C=O) groups is 1. The van der Waals surface area contributed by atoms with E-state index < -0.39 is 11.4 Å². The molecule has 0 saturated heterocycles. The van der Waals surface area contributed by atoms with Crippen molar-refractivity contribution in [3.63, 3.8) is 0 Å². The first-order valence-corrected chi connectivity index (χ1v) is 5.92. The summed E-state index contributed by atoms with van der Waals surface area (Å²) in [5.74, 6) is -0.487. The molecule has 5 nitrogen and oxygen atoms in total. The number of imidazole rings is 1. The lowest BCUT2D eigenvalue weighted by Gasteiger charge is -2.25. The Labute approximate surface area is 106 Å². The third-order valence-corrected chi connectivity index (χ3v) is 3.24. The van der Waals surface area contributed by atoms with Crippen molar-refractivity contribution in [2.45, 2.75) is 31.8 Å². The highest BCUT2D eigenvalue weighted by molar-refractivity contribution is 5.84. The zero-order valence-corrected chi connectivity index (χ0v) is 10.6. The maximum absolute atomic E-state index is 11.3. The summed E-state index contributed by atoms with van der Waals surface area (Å²) in [5.41, 5.74) is 12.2. The average Bonchev–Trinajstić information content (AvgIpc) is 2.71. The lowest BCUT2D eigenvalue weighted by molar-refractivity contribution is -0.123. The second-order valence-electron chi connectivity index (χ2n) is 4.98. The molecule has 0 bridgehead atoms. The first-order chi connectivity index (χ1) is 8.42. The number of primary amides is 1. The lowest BCUT2D eigenvalue weighted by atomic mass is 9.94.